The third-order valence-electron chi connectivity index (χ3n) is 5.02. The Morgan fingerprint density at radius 2 is 2.23 bits per heavy atom. The van der Waals surface area contributed by atoms with Gasteiger partial charge in [0, 0.05) is 43.8 Å². The molecule has 5 nitrogen and oxygen atoms in total. The van der Waals surface area contributed by atoms with E-state index in [1.165, 1.54) is 25.6 Å². The van der Waals surface area contributed by atoms with Crippen molar-refractivity contribution in [3.8, 4) is 0 Å². The molecule has 1 aromatic carbocycles. The zero-order valence-electron chi connectivity index (χ0n) is 15.5. The van der Waals surface area contributed by atoms with E-state index in [2.05, 4.69) is 32.4 Å². The Morgan fingerprint density at radius 3 is 2.96 bits per heavy atom. The fourth-order valence-electron chi connectivity index (χ4n) is 3.50. The molecule has 1 aliphatic heterocycles. The quantitative estimate of drug-likeness (QED) is 0.344. The van der Waals surface area contributed by atoms with Crippen LogP contribution in [0.4, 0.5) is 4.39 Å². The van der Waals surface area contributed by atoms with E-state index in [0.717, 1.165) is 48.5 Å². The normalized spacial score (nSPS) is 18.1. The van der Waals surface area contributed by atoms with Crippen LogP contribution in [0.2, 0.25) is 0 Å². The molecule has 26 heavy (non-hydrogen) atoms. The average molecular weight is 473 g/mol. The van der Waals surface area contributed by atoms with Crippen LogP contribution < -0.4 is 10.6 Å². The first kappa shape index (κ1) is 21.0. The van der Waals surface area contributed by atoms with Gasteiger partial charge in [0.05, 0.1) is 0 Å². The molecule has 3 N–H and O–H groups in total. The third kappa shape index (κ3) is 5.33. The highest BCUT2D eigenvalue weighted by Crippen LogP contribution is 2.19. The monoisotopic (exact) mass is 473 g/mol. The zero-order valence-corrected chi connectivity index (χ0v) is 17.8. The van der Waals surface area contributed by atoms with E-state index in [1.807, 2.05) is 6.20 Å². The van der Waals surface area contributed by atoms with Crippen molar-refractivity contribution < 1.29 is 4.39 Å². The molecule has 1 atom stereocenters. The molecule has 0 bridgehead atoms. The SMILES string of the molecule is CCN1CCC(CNC(=NC)NCCc2c[nH]c3ccc(F)cc23)C1.I. The number of nitrogens with zero attached hydrogens (tertiary/aromatic N) is 2. The van der Waals surface area contributed by atoms with Gasteiger partial charge in [-0.1, -0.05) is 6.92 Å². The number of aromatic nitrogens is 1. The van der Waals surface area contributed by atoms with Gasteiger partial charge < -0.3 is 20.5 Å². The van der Waals surface area contributed by atoms with Gasteiger partial charge in [-0.3, -0.25) is 4.99 Å². The maximum atomic E-state index is 13.4. The number of H-pyrrole nitrogens is 1. The van der Waals surface area contributed by atoms with Crippen LogP contribution in [0.3, 0.4) is 0 Å². The highest BCUT2D eigenvalue weighted by atomic mass is 127. The highest BCUT2D eigenvalue weighted by molar-refractivity contribution is 14.0. The number of guanidine groups is 1. The van der Waals surface area contributed by atoms with Crippen LogP contribution in [0.1, 0.15) is 18.9 Å². The predicted molar refractivity (Wildman–Crippen MR) is 117 cm³/mol. The first-order chi connectivity index (χ1) is 12.2. The van der Waals surface area contributed by atoms with E-state index >= 15 is 0 Å². The molecule has 0 amide bonds. The summed E-state index contributed by atoms with van der Waals surface area (Å²) in [7, 11) is 1.80. The van der Waals surface area contributed by atoms with E-state index in [1.54, 1.807) is 19.2 Å². The lowest BCUT2D eigenvalue weighted by Crippen LogP contribution is -2.41. The van der Waals surface area contributed by atoms with Crippen molar-refractivity contribution in [1.29, 1.82) is 0 Å². The minimum atomic E-state index is -0.198. The average Bonchev–Trinajstić information content (AvgIpc) is 3.24. The number of fused-ring (bicyclic) bond motifs is 1. The van der Waals surface area contributed by atoms with Crippen LogP contribution >= 0.6 is 24.0 Å². The Kier molecular flexibility index (Phi) is 8.15. The smallest absolute Gasteiger partial charge is 0.190 e. The molecule has 0 saturated carbocycles. The van der Waals surface area contributed by atoms with Crippen molar-refractivity contribution in [3.05, 3.63) is 35.8 Å². The van der Waals surface area contributed by atoms with Gasteiger partial charge >= 0.3 is 0 Å². The first-order valence-electron chi connectivity index (χ1n) is 9.12. The molecule has 7 heteroatoms. The Hall–Kier alpha value is -1.35. The lowest BCUT2D eigenvalue weighted by atomic mass is 10.1. The van der Waals surface area contributed by atoms with Crippen LogP contribution in [-0.4, -0.2) is 55.6 Å². The molecule has 1 aromatic heterocycles. The molecule has 2 heterocycles. The summed E-state index contributed by atoms with van der Waals surface area (Å²) in [5, 5.41) is 7.73. The second-order valence-electron chi connectivity index (χ2n) is 6.68. The number of halogens is 2. The van der Waals surface area contributed by atoms with Crippen molar-refractivity contribution in [1.82, 2.24) is 20.5 Å². The minimum Gasteiger partial charge on any atom is -0.361 e. The van der Waals surface area contributed by atoms with Crippen LogP contribution in [0.5, 0.6) is 0 Å². The number of nitrogens with one attached hydrogen (secondary N) is 3. The Morgan fingerprint density at radius 1 is 1.38 bits per heavy atom. The topological polar surface area (TPSA) is 55.4 Å². The molecule has 3 rings (SSSR count). The van der Waals surface area contributed by atoms with Gasteiger partial charge in [0.2, 0.25) is 0 Å². The van der Waals surface area contributed by atoms with Crippen LogP contribution in [0.25, 0.3) is 10.9 Å². The zero-order chi connectivity index (χ0) is 17.6. The first-order valence-corrected chi connectivity index (χ1v) is 9.12. The largest absolute Gasteiger partial charge is 0.361 e. The van der Waals surface area contributed by atoms with E-state index in [9.17, 15) is 4.39 Å². The summed E-state index contributed by atoms with van der Waals surface area (Å²) in [5.41, 5.74) is 2.09. The molecule has 0 aliphatic carbocycles. The van der Waals surface area contributed by atoms with Gasteiger partial charge in [0.1, 0.15) is 5.82 Å². The summed E-state index contributed by atoms with van der Waals surface area (Å²) >= 11 is 0. The molecule has 144 valence electrons. The van der Waals surface area contributed by atoms with Crippen LogP contribution in [0.15, 0.2) is 29.4 Å². The number of hydrogen-bond donors (Lipinski definition) is 3. The molecular weight excluding hydrogens is 444 g/mol. The Bertz CT molecular complexity index is 730. The lowest BCUT2D eigenvalue weighted by molar-refractivity contribution is 0.342. The van der Waals surface area contributed by atoms with E-state index in [4.69, 9.17) is 0 Å². The summed E-state index contributed by atoms with van der Waals surface area (Å²) < 4.78 is 13.4. The molecule has 1 fully saturated rings. The van der Waals surface area contributed by atoms with Gasteiger partial charge in [-0.25, -0.2) is 4.39 Å². The van der Waals surface area contributed by atoms with Crippen molar-refractivity contribution >= 4 is 40.8 Å². The van der Waals surface area contributed by atoms with Gasteiger partial charge in [-0.05, 0) is 55.6 Å². The van der Waals surface area contributed by atoms with E-state index in [0.29, 0.717) is 5.92 Å². The maximum Gasteiger partial charge on any atom is 0.190 e. The summed E-state index contributed by atoms with van der Waals surface area (Å²) in [6.45, 7) is 7.43. The van der Waals surface area contributed by atoms with Crippen LogP contribution in [-0.2, 0) is 6.42 Å². The molecule has 1 unspecified atom stereocenters. The third-order valence-corrected chi connectivity index (χ3v) is 5.02. The Labute approximate surface area is 171 Å². The molecule has 1 saturated heterocycles. The summed E-state index contributed by atoms with van der Waals surface area (Å²) in [5.74, 6) is 1.33. The van der Waals surface area contributed by atoms with E-state index < -0.39 is 0 Å². The molecule has 2 aromatic rings. The molecule has 1 aliphatic rings. The second-order valence-corrected chi connectivity index (χ2v) is 6.68. The fourth-order valence-corrected chi connectivity index (χ4v) is 3.50. The summed E-state index contributed by atoms with van der Waals surface area (Å²) in [4.78, 5) is 9.98. The molecule has 0 radical (unpaired) electrons. The number of hydrogen-bond acceptors (Lipinski definition) is 2. The maximum absolute atomic E-state index is 13.4. The number of benzene rings is 1. The molecule has 0 spiro atoms. The molecular formula is C19H29FIN5. The van der Waals surface area contributed by atoms with Crippen molar-refractivity contribution in [2.45, 2.75) is 19.8 Å². The standard InChI is InChI=1S/C19H28FN5.HI/c1-3-25-9-7-14(13-25)11-24-19(21-2)22-8-6-15-12-23-18-5-4-16(20)10-17(15)18;/h4-5,10,12,14,23H,3,6-9,11,13H2,1-2H3,(H2,21,22,24);1H. The van der Waals surface area contributed by atoms with Gasteiger partial charge in [-0.2, -0.15) is 0 Å². The second kappa shape index (κ2) is 10.1. The number of aliphatic imine (C=N–C) groups is 1. The fraction of sp³-hybridized carbons (Fsp3) is 0.526. The van der Waals surface area contributed by atoms with Crippen molar-refractivity contribution in [2.75, 3.05) is 39.8 Å². The minimum absolute atomic E-state index is 0. The summed E-state index contributed by atoms with van der Waals surface area (Å²) in [6, 6.07) is 4.85. The van der Waals surface area contributed by atoms with Crippen molar-refractivity contribution in [2.24, 2.45) is 10.9 Å². The lowest BCUT2D eigenvalue weighted by Gasteiger charge is -2.16. The van der Waals surface area contributed by atoms with E-state index in [-0.39, 0.29) is 29.8 Å². The highest BCUT2D eigenvalue weighted by Gasteiger charge is 2.20. The van der Waals surface area contributed by atoms with Gasteiger partial charge in [0.25, 0.3) is 0 Å². The van der Waals surface area contributed by atoms with Crippen molar-refractivity contribution in [3.63, 3.8) is 0 Å². The number of aromatic amines is 1. The van der Waals surface area contributed by atoms with Crippen LogP contribution in [0, 0.1) is 11.7 Å². The summed E-state index contributed by atoms with van der Waals surface area (Å²) in [6.07, 6.45) is 4.02. The predicted octanol–water partition coefficient (Wildman–Crippen LogP) is 2.97. The van der Waals surface area contributed by atoms with Gasteiger partial charge in [0.15, 0.2) is 5.96 Å². The van der Waals surface area contributed by atoms with Gasteiger partial charge in [-0.15, -0.1) is 24.0 Å². The Balaban J connectivity index is 0.00000243. The number of likely N-dealkylation sites (tertiary alicyclic amines) is 1. The number of rotatable bonds is 6.